The summed E-state index contributed by atoms with van der Waals surface area (Å²) in [6.45, 7) is 9.64. The lowest BCUT2D eigenvalue weighted by Crippen LogP contribution is -2.18. The summed E-state index contributed by atoms with van der Waals surface area (Å²) < 4.78 is 1.91. The van der Waals surface area contributed by atoms with E-state index in [9.17, 15) is 9.59 Å². The number of carbonyl (C=O) groups is 2. The molecule has 0 saturated heterocycles. The molecule has 30 heavy (non-hydrogen) atoms. The Kier molecular flexibility index (Phi) is 6.72. The van der Waals surface area contributed by atoms with Crippen LogP contribution in [0.3, 0.4) is 0 Å². The summed E-state index contributed by atoms with van der Waals surface area (Å²) in [4.78, 5) is 24.7. The molecule has 3 rings (SSSR count). The molecular weight excluding hydrogens is 396 g/mol. The number of Topliss-reactive ketones (excluding diaryl/α,β-unsaturated/α-hetero) is 1. The molecule has 0 bridgehead atoms. The summed E-state index contributed by atoms with van der Waals surface area (Å²) in [6.07, 6.45) is 1.67. The maximum absolute atomic E-state index is 12.9. The molecule has 0 spiro atoms. The molecule has 0 aliphatic heterocycles. The van der Waals surface area contributed by atoms with Crippen LogP contribution in [0.4, 0.5) is 5.69 Å². The quantitative estimate of drug-likeness (QED) is 0.435. The minimum absolute atomic E-state index is 0.00286. The molecule has 1 aromatic heterocycles. The van der Waals surface area contributed by atoms with Gasteiger partial charge in [0.15, 0.2) is 10.9 Å². The second-order valence-electron chi connectivity index (χ2n) is 7.62. The lowest BCUT2D eigenvalue weighted by molar-refractivity contribution is -0.118. The zero-order valence-electron chi connectivity index (χ0n) is 17.8. The van der Waals surface area contributed by atoms with Crippen molar-refractivity contribution in [2.75, 3.05) is 5.32 Å². The van der Waals surface area contributed by atoms with Gasteiger partial charge in [0.1, 0.15) is 6.33 Å². The smallest absolute Gasteiger partial charge is 0.226 e. The minimum atomic E-state index is -0.338. The Balaban J connectivity index is 1.72. The standard InChI is InChI=1S/C23H26N4O2S/c1-14(2)22(29)25-19-9-7-18(8-10-19)21(28)17(5)30-23-26-24-13-27(23)20-11-6-15(3)12-16(20)4/h6-14,17H,1-5H3,(H,25,29)/t17-/m0/s1. The highest BCUT2D eigenvalue weighted by Crippen LogP contribution is 2.27. The summed E-state index contributed by atoms with van der Waals surface area (Å²) in [5.41, 5.74) is 4.58. The molecule has 1 amide bonds. The number of rotatable bonds is 7. The fourth-order valence-corrected chi connectivity index (χ4v) is 3.91. The summed E-state index contributed by atoms with van der Waals surface area (Å²) in [6, 6.07) is 13.2. The van der Waals surface area contributed by atoms with Crippen molar-refractivity contribution in [1.82, 2.24) is 14.8 Å². The van der Waals surface area contributed by atoms with Crippen molar-refractivity contribution in [3.63, 3.8) is 0 Å². The lowest BCUT2D eigenvalue weighted by Gasteiger charge is -2.13. The van der Waals surface area contributed by atoms with Gasteiger partial charge in [-0.1, -0.05) is 43.3 Å². The van der Waals surface area contributed by atoms with Crippen LogP contribution >= 0.6 is 11.8 Å². The van der Waals surface area contributed by atoms with E-state index < -0.39 is 0 Å². The van der Waals surface area contributed by atoms with E-state index >= 15 is 0 Å². The van der Waals surface area contributed by atoms with Gasteiger partial charge >= 0.3 is 0 Å². The first-order valence-electron chi connectivity index (χ1n) is 9.85. The Labute approximate surface area is 181 Å². The molecule has 6 nitrogen and oxygen atoms in total. The molecule has 3 aromatic rings. The van der Waals surface area contributed by atoms with Gasteiger partial charge < -0.3 is 5.32 Å². The van der Waals surface area contributed by atoms with E-state index in [4.69, 9.17) is 0 Å². The van der Waals surface area contributed by atoms with Crippen LogP contribution in [-0.2, 0) is 4.79 Å². The molecule has 1 atom stereocenters. The highest BCUT2D eigenvalue weighted by molar-refractivity contribution is 8.00. The fourth-order valence-electron chi connectivity index (χ4n) is 3.00. The second-order valence-corrected chi connectivity index (χ2v) is 8.93. The van der Waals surface area contributed by atoms with Crippen LogP contribution in [0.15, 0.2) is 53.9 Å². The van der Waals surface area contributed by atoms with Gasteiger partial charge in [0.2, 0.25) is 5.91 Å². The number of hydrogen-bond donors (Lipinski definition) is 1. The zero-order valence-corrected chi connectivity index (χ0v) is 18.7. The molecule has 0 fully saturated rings. The van der Waals surface area contributed by atoms with Crippen LogP contribution in [0.25, 0.3) is 5.69 Å². The van der Waals surface area contributed by atoms with Gasteiger partial charge in [0, 0.05) is 17.2 Å². The SMILES string of the molecule is Cc1ccc(-n2cnnc2S[C@@H](C)C(=O)c2ccc(NC(=O)C(C)C)cc2)c(C)c1. The molecule has 0 unspecified atom stereocenters. The van der Waals surface area contributed by atoms with Gasteiger partial charge in [-0.15, -0.1) is 10.2 Å². The van der Waals surface area contributed by atoms with Gasteiger partial charge in [0.25, 0.3) is 0 Å². The first-order chi connectivity index (χ1) is 14.3. The second kappa shape index (κ2) is 9.26. The van der Waals surface area contributed by atoms with E-state index in [1.165, 1.54) is 17.3 Å². The Morgan fingerprint density at radius 2 is 1.73 bits per heavy atom. The van der Waals surface area contributed by atoms with E-state index in [-0.39, 0.29) is 22.9 Å². The van der Waals surface area contributed by atoms with Crippen molar-refractivity contribution in [2.24, 2.45) is 5.92 Å². The maximum atomic E-state index is 12.9. The predicted octanol–water partition coefficient (Wildman–Crippen LogP) is 4.84. The third-order valence-corrected chi connectivity index (χ3v) is 5.80. The van der Waals surface area contributed by atoms with Crippen molar-refractivity contribution in [1.29, 1.82) is 0 Å². The first kappa shape index (κ1) is 21.8. The number of benzene rings is 2. The Hall–Kier alpha value is -2.93. The van der Waals surface area contributed by atoms with Crippen LogP contribution in [0.5, 0.6) is 0 Å². The van der Waals surface area contributed by atoms with Gasteiger partial charge in [-0.05, 0) is 56.7 Å². The number of aromatic nitrogens is 3. The van der Waals surface area contributed by atoms with Crippen LogP contribution in [-0.4, -0.2) is 31.7 Å². The Morgan fingerprint density at radius 3 is 2.37 bits per heavy atom. The highest BCUT2D eigenvalue weighted by atomic mass is 32.2. The third-order valence-electron chi connectivity index (χ3n) is 4.74. The number of amides is 1. The van der Waals surface area contributed by atoms with E-state index in [0.29, 0.717) is 16.4 Å². The Morgan fingerprint density at radius 1 is 1.03 bits per heavy atom. The average molecular weight is 423 g/mol. The monoisotopic (exact) mass is 422 g/mol. The largest absolute Gasteiger partial charge is 0.326 e. The van der Waals surface area contributed by atoms with E-state index in [1.54, 1.807) is 30.6 Å². The number of ketones is 1. The summed E-state index contributed by atoms with van der Waals surface area (Å²) in [5.74, 6) is -0.155. The molecule has 156 valence electrons. The number of thioether (sulfide) groups is 1. The van der Waals surface area contributed by atoms with Gasteiger partial charge in [-0.25, -0.2) is 0 Å². The lowest BCUT2D eigenvalue weighted by atomic mass is 10.1. The molecule has 7 heteroatoms. The molecule has 0 radical (unpaired) electrons. The third kappa shape index (κ3) is 4.97. The summed E-state index contributed by atoms with van der Waals surface area (Å²) in [7, 11) is 0. The van der Waals surface area contributed by atoms with E-state index in [2.05, 4.69) is 28.5 Å². The molecule has 0 aliphatic rings. The van der Waals surface area contributed by atoms with Crippen LogP contribution < -0.4 is 5.32 Å². The van der Waals surface area contributed by atoms with Crippen LogP contribution in [0, 0.1) is 19.8 Å². The zero-order chi connectivity index (χ0) is 21.8. The number of aryl methyl sites for hydroxylation is 2. The number of anilines is 1. The maximum Gasteiger partial charge on any atom is 0.226 e. The van der Waals surface area contributed by atoms with E-state index in [1.807, 2.05) is 44.4 Å². The number of nitrogens with one attached hydrogen (secondary N) is 1. The van der Waals surface area contributed by atoms with E-state index in [0.717, 1.165) is 11.3 Å². The van der Waals surface area contributed by atoms with Crippen LogP contribution in [0.1, 0.15) is 42.3 Å². The van der Waals surface area contributed by atoms with Gasteiger partial charge in [0.05, 0.1) is 10.9 Å². The average Bonchev–Trinajstić information content (AvgIpc) is 3.15. The first-order valence-corrected chi connectivity index (χ1v) is 10.7. The molecule has 0 aliphatic carbocycles. The summed E-state index contributed by atoms with van der Waals surface area (Å²) >= 11 is 1.38. The minimum Gasteiger partial charge on any atom is -0.326 e. The highest BCUT2D eigenvalue weighted by Gasteiger charge is 2.20. The number of carbonyl (C=O) groups excluding carboxylic acids is 2. The topological polar surface area (TPSA) is 76.9 Å². The van der Waals surface area contributed by atoms with Crippen molar-refractivity contribution in [2.45, 2.75) is 45.0 Å². The molecule has 1 N–H and O–H groups in total. The van der Waals surface area contributed by atoms with Crippen molar-refractivity contribution in [3.05, 3.63) is 65.5 Å². The predicted molar refractivity (Wildman–Crippen MR) is 120 cm³/mol. The molecule has 1 heterocycles. The van der Waals surface area contributed by atoms with Gasteiger partial charge in [-0.3, -0.25) is 14.2 Å². The van der Waals surface area contributed by atoms with Crippen LogP contribution in [0.2, 0.25) is 0 Å². The number of nitrogens with zero attached hydrogens (tertiary/aromatic N) is 3. The molecule has 2 aromatic carbocycles. The normalized spacial score (nSPS) is 12.1. The number of hydrogen-bond acceptors (Lipinski definition) is 5. The van der Waals surface area contributed by atoms with Gasteiger partial charge in [-0.2, -0.15) is 0 Å². The molecule has 0 saturated carbocycles. The Bertz CT molecular complexity index is 1060. The fraction of sp³-hybridized carbons (Fsp3) is 0.304. The summed E-state index contributed by atoms with van der Waals surface area (Å²) in [5, 5.41) is 11.4. The van der Waals surface area contributed by atoms with Crippen molar-refractivity contribution < 1.29 is 9.59 Å². The van der Waals surface area contributed by atoms with Crippen molar-refractivity contribution in [3.8, 4) is 5.69 Å². The molecular formula is C23H26N4O2S. The van der Waals surface area contributed by atoms with Crippen molar-refractivity contribution >= 4 is 29.1 Å².